The Morgan fingerprint density at radius 3 is 2.53 bits per heavy atom. The van der Waals surface area contributed by atoms with Crippen LogP contribution in [0.15, 0.2) is 54.6 Å². The second-order valence-electron chi connectivity index (χ2n) is 4.40. The van der Waals surface area contributed by atoms with Gasteiger partial charge < -0.3 is 4.74 Å². The van der Waals surface area contributed by atoms with E-state index in [0.29, 0.717) is 11.3 Å². The molecule has 1 heterocycles. The van der Waals surface area contributed by atoms with Crippen LogP contribution in [0.25, 0.3) is 10.9 Å². The second-order valence-corrected chi connectivity index (χ2v) is 4.40. The summed E-state index contributed by atoms with van der Waals surface area (Å²) in [7, 11) is 0. The van der Waals surface area contributed by atoms with Gasteiger partial charge in [0.1, 0.15) is 5.75 Å². The number of para-hydroxylation sites is 1. The Hall–Kier alpha value is -2.55. The lowest BCUT2D eigenvalue weighted by Gasteiger charge is -2.07. The SMILES string of the molecule is Cc1ccc(Oc2cc3ccccc3nc2[O])cc1. The molecule has 0 saturated carbocycles. The van der Waals surface area contributed by atoms with Crippen molar-refractivity contribution in [2.75, 3.05) is 0 Å². The van der Waals surface area contributed by atoms with Crippen LogP contribution in [-0.4, -0.2) is 4.98 Å². The van der Waals surface area contributed by atoms with Crippen molar-refractivity contribution in [3.05, 3.63) is 60.2 Å². The molecule has 1 aromatic heterocycles. The van der Waals surface area contributed by atoms with Gasteiger partial charge in [0.25, 0.3) is 0 Å². The molecule has 2 aromatic carbocycles. The van der Waals surface area contributed by atoms with E-state index in [1.54, 1.807) is 6.07 Å². The average molecular weight is 250 g/mol. The van der Waals surface area contributed by atoms with E-state index in [4.69, 9.17) is 4.74 Å². The van der Waals surface area contributed by atoms with Gasteiger partial charge in [-0.15, -0.1) is 0 Å². The molecule has 0 amide bonds. The number of nitrogens with zero attached hydrogens (tertiary/aromatic N) is 1. The summed E-state index contributed by atoms with van der Waals surface area (Å²) in [5.74, 6) is 0.543. The molecular formula is C16H12NO2. The Morgan fingerprint density at radius 2 is 1.74 bits per heavy atom. The first-order chi connectivity index (χ1) is 9.22. The largest absolute Gasteiger partial charge is 0.451 e. The number of ether oxygens (including phenoxy) is 1. The minimum atomic E-state index is -0.348. The molecule has 3 rings (SSSR count). The van der Waals surface area contributed by atoms with Gasteiger partial charge in [-0.05, 0) is 31.2 Å². The molecule has 0 bridgehead atoms. The smallest absolute Gasteiger partial charge is 0.313 e. The van der Waals surface area contributed by atoms with Gasteiger partial charge in [-0.25, -0.2) is 4.98 Å². The van der Waals surface area contributed by atoms with E-state index in [9.17, 15) is 5.11 Å². The van der Waals surface area contributed by atoms with Gasteiger partial charge in [-0.1, -0.05) is 35.9 Å². The van der Waals surface area contributed by atoms with Crippen LogP contribution in [0.5, 0.6) is 17.4 Å². The monoisotopic (exact) mass is 250 g/mol. The van der Waals surface area contributed by atoms with Crippen LogP contribution in [0.4, 0.5) is 0 Å². The van der Waals surface area contributed by atoms with Gasteiger partial charge >= 0.3 is 5.88 Å². The summed E-state index contributed by atoms with van der Waals surface area (Å²) < 4.78 is 5.60. The van der Waals surface area contributed by atoms with Gasteiger partial charge in [0.2, 0.25) is 0 Å². The molecule has 1 radical (unpaired) electrons. The summed E-state index contributed by atoms with van der Waals surface area (Å²) in [5.41, 5.74) is 1.83. The van der Waals surface area contributed by atoms with Crippen LogP contribution < -0.4 is 4.74 Å². The Morgan fingerprint density at radius 1 is 1.00 bits per heavy atom. The van der Waals surface area contributed by atoms with Gasteiger partial charge in [-0.2, -0.15) is 0 Å². The lowest BCUT2D eigenvalue weighted by atomic mass is 10.2. The minimum Gasteiger partial charge on any atom is -0.451 e. The fraction of sp³-hybridized carbons (Fsp3) is 0.0625. The van der Waals surface area contributed by atoms with Crippen molar-refractivity contribution in [3.63, 3.8) is 0 Å². The number of fused-ring (bicyclic) bond motifs is 1. The molecule has 0 atom stereocenters. The van der Waals surface area contributed by atoms with Crippen molar-refractivity contribution in [1.82, 2.24) is 4.98 Å². The lowest BCUT2D eigenvalue weighted by molar-refractivity contribution is 0.314. The second kappa shape index (κ2) is 4.61. The van der Waals surface area contributed by atoms with Crippen molar-refractivity contribution < 1.29 is 9.84 Å². The summed E-state index contributed by atoms with van der Waals surface area (Å²) in [6.45, 7) is 2.00. The number of aromatic nitrogens is 1. The molecule has 0 fully saturated rings. The van der Waals surface area contributed by atoms with Crippen LogP contribution in [0.1, 0.15) is 5.56 Å². The first-order valence-electron chi connectivity index (χ1n) is 6.04. The average Bonchev–Trinajstić information content (AvgIpc) is 2.42. The number of benzene rings is 2. The third-order valence-electron chi connectivity index (χ3n) is 2.90. The van der Waals surface area contributed by atoms with Crippen molar-refractivity contribution in [1.29, 1.82) is 0 Å². The van der Waals surface area contributed by atoms with Crippen LogP contribution in [0.3, 0.4) is 0 Å². The fourth-order valence-electron chi connectivity index (χ4n) is 1.89. The molecule has 0 N–H and O–H groups in total. The molecule has 0 aliphatic rings. The number of aryl methyl sites for hydroxylation is 1. The number of hydrogen-bond donors (Lipinski definition) is 0. The standard InChI is InChI=1S/C16H12NO2/c1-11-6-8-13(9-7-11)19-15-10-12-4-2-3-5-14(12)17-16(15)18/h2-10H,1H3. The van der Waals surface area contributed by atoms with Crippen LogP contribution in [0, 0.1) is 6.92 Å². The molecule has 0 saturated heterocycles. The predicted octanol–water partition coefficient (Wildman–Crippen LogP) is 4.48. The predicted molar refractivity (Wildman–Crippen MR) is 73.1 cm³/mol. The molecule has 3 heteroatoms. The van der Waals surface area contributed by atoms with Gasteiger partial charge in [0, 0.05) is 5.39 Å². The molecule has 0 spiro atoms. The number of pyridine rings is 1. The van der Waals surface area contributed by atoms with E-state index in [2.05, 4.69) is 4.98 Å². The highest BCUT2D eigenvalue weighted by molar-refractivity contribution is 5.81. The zero-order valence-corrected chi connectivity index (χ0v) is 10.5. The van der Waals surface area contributed by atoms with E-state index < -0.39 is 0 Å². The van der Waals surface area contributed by atoms with E-state index in [1.165, 1.54) is 0 Å². The fourth-order valence-corrected chi connectivity index (χ4v) is 1.89. The number of hydrogen-bond acceptors (Lipinski definition) is 2. The van der Waals surface area contributed by atoms with E-state index >= 15 is 0 Å². The third-order valence-corrected chi connectivity index (χ3v) is 2.90. The van der Waals surface area contributed by atoms with Crippen molar-refractivity contribution in [2.24, 2.45) is 0 Å². The molecule has 3 aromatic rings. The number of rotatable bonds is 2. The zero-order chi connectivity index (χ0) is 13.2. The maximum absolute atomic E-state index is 11.9. The summed E-state index contributed by atoms with van der Waals surface area (Å²) in [6, 6.07) is 16.8. The van der Waals surface area contributed by atoms with Gasteiger partial charge in [-0.3, -0.25) is 5.11 Å². The highest BCUT2D eigenvalue weighted by Gasteiger charge is 2.09. The maximum atomic E-state index is 11.9. The quantitative estimate of drug-likeness (QED) is 0.673. The van der Waals surface area contributed by atoms with Crippen LogP contribution in [-0.2, 0) is 5.11 Å². The molecule has 0 unspecified atom stereocenters. The Kier molecular flexibility index (Phi) is 2.80. The first-order valence-corrected chi connectivity index (χ1v) is 6.04. The summed E-state index contributed by atoms with van der Waals surface area (Å²) in [4.78, 5) is 4.01. The molecule has 0 aliphatic carbocycles. The van der Waals surface area contributed by atoms with Gasteiger partial charge in [0.05, 0.1) is 5.52 Å². The topological polar surface area (TPSA) is 42.0 Å². The van der Waals surface area contributed by atoms with Crippen LogP contribution in [0.2, 0.25) is 0 Å². The van der Waals surface area contributed by atoms with E-state index in [0.717, 1.165) is 10.9 Å². The Labute approximate surface area is 111 Å². The maximum Gasteiger partial charge on any atom is 0.313 e. The highest BCUT2D eigenvalue weighted by atomic mass is 16.5. The van der Waals surface area contributed by atoms with Crippen LogP contribution >= 0.6 is 0 Å². The molecule has 0 aliphatic heterocycles. The summed E-state index contributed by atoms with van der Waals surface area (Å²) >= 11 is 0. The Bertz CT molecular complexity index is 720. The minimum absolute atomic E-state index is 0.252. The normalized spacial score (nSPS) is 10.6. The van der Waals surface area contributed by atoms with E-state index in [1.807, 2.05) is 55.5 Å². The molecule has 3 nitrogen and oxygen atoms in total. The van der Waals surface area contributed by atoms with E-state index in [-0.39, 0.29) is 11.6 Å². The van der Waals surface area contributed by atoms with Crippen molar-refractivity contribution >= 4 is 10.9 Å². The summed E-state index contributed by atoms with van der Waals surface area (Å²) in [6.07, 6.45) is 0. The molecule has 19 heavy (non-hydrogen) atoms. The highest BCUT2D eigenvalue weighted by Crippen LogP contribution is 2.32. The zero-order valence-electron chi connectivity index (χ0n) is 10.5. The molecular weight excluding hydrogens is 238 g/mol. The lowest BCUT2D eigenvalue weighted by Crippen LogP contribution is -1.87. The first kappa shape index (κ1) is 11.5. The van der Waals surface area contributed by atoms with Crippen molar-refractivity contribution in [2.45, 2.75) is 6.92 Å². The summed E-state index contributed by atoms with van der Waals surface area (Å²) in [5, 5.41) is 12.8. The third kappa shape index (κ3) is 2.36. The molecule has 93 valence electrons. The van der Waals surface area contributed by atoms with Crippen molar-refractivity contribution in [3.8, 4) is 17.4 Å². The Balaban J connectivity index is 2.00. The van der Waals surface area contributed by atoms with Gasteiger partial charge in [0.15, 0.2) is 5.75 Å².